The standard InChI is InChI=1S/C21H13N3/c1-12-20-17-11-15-5-3-2-4-14(15)10-16(17)19-21-13(8-9-22-19)6-7-18(23-12)24(20)21/h2-11H,1H3. The van der Waals surface area contributed by atoms with E-state index in [0.29, 0.717) is 0 Å². The van der Waals surface area contributed by atoms with Crippen LogP contribution in [0.15, 0.2) is 60.8 Å². The highest BCUT2D eigenvalue weighted by Crippen LogP contribution is 2.36. The molecule has 0 fully saturated rings. The van der Waals surface area contributed by atoms with Crippen LogP contribution in [-0.4, -0.2) is 14.4 Å². The van der Waals surface area contributed by atoms with Crippen molar-refractivity contribution in [3.8, 4) is 0 Å². The summed E-state index contributed by atoms with van der Waals surface area (Å²) in [5.41, 5.74) is 5.45. The molecule has 4 aromatic heterocycles. The van der Waals surface area contributed by atoms with Gasteiger partial charge in [-0.3, -0.25) is 9.38 Å². The summed E-state index contributed by atoms with van der Waals surface area (Å²) in [7, 11) is 0. The van der Waals surface area contributed by atoms with Crippen LogP contribution in [0.1, 0.15) is 5.69 Å². The lowest BCUT2D eigenvalue weighted by molar-refractivity contribution is 1.28. The highest BCUT2D eigenvalue weighted by atomic mass is 15.0. The molecule has 3 heteroatoms. The van der Waals surface area contributed by atoms with Crippen molar-refractivity contribution in [2.24, 2.45) is 0 Å². The van der Waals surface area contributed by atoms with Gasteiger partial charge in [-0.2, -0.15) is 0 Å². The van der Waals surface area contributed by atoms with Crippen LogP contribution in [0.2, 0.25) is 0 Å². The van der Waals surface area contributed by atoms with Crippen LogP contribution in [0.4, 0.5) is 0 Å². The van der Waals surface area contributed by atoms with Crippen LogP contribution in [0, 0.1) is 6.92 Å². The van der Waals surface area contributed by atoms with Crippen LogP contribution in [0.5, 0.6) is 0 Å². The number of hydrogen-bond acceptors (Lipinski definition) is 2. The van der Waals surface area contributed by atoms with E-state index < -0.39 is 0 Å². The zero-order valence-electron chi connectivity index (χ0n) is 13.1. The minimum atomic E-state index is 0.989. The first-order chi connectivity index (χ1) is 11.8. The van der Waals surface area contributed by atoms with Gasteiger partial charge in [-0.25, -0.2) is 4.98 Å². The number of hydrogen-bond donors (Lipinski definition) is 0. The molecule has 0 spiro atoms. The zero-order valence-corrected chi connectivity index (χ0v) is 13.1. The fraction of sp³-hybridized carbons (Fsp3) is 0.0476. The summed E-state index contributed by atoms with van der Waals surface area (Å²) in [6.45, 7) is 2.09. The number of imidazole rings is 1. The van der Waals surface area contributed by atoms with Crippen molar-refractivity contribution in [3.05, 3.63) is 66.5 Å². The van der Waals surface area contributed by atoms with E-state index >= 15 is 0 Å². The lowest BCUT2D eigenvalue weighted by atomic mass is 10.0. The topological polar surface area (TPSA) is 30.2 Å². The van der Waals surface area contributed by atoms with Gasteiger partial charge in [0.1, 0.15) is 5.65 Å². The maximum atomic E-state index is 4.78. The predicted octanol–water partition coefficient (Wildman–Crippen LogP) is 5.09. The van der Waals surface area contributed by atoms with Crippen molar-refractivity contribution in [1.29, 1.82) is 0 Å². The lowest BCUT2D eigenvalue weighted by Crippen LogP contribution is -1.95. The molecule has 0 unspecified atom stereocenters. The van der Waals surface area contributed by atoms with E-state index in [4.69, 9.17) is 9.97 Å². The van der Waals surface area contributed by atoms with Gasteiger partial charge in [0.2, 0.25) is 0 Å². The summed E-state index contributed by atoms with van der Waals surface area (Å²) in [6.07, 6.45) is 1.90. The molecule has 6 aromatic rings. The Labute approximate surface area is 137 Å². The van der Waals surface area contributed by atoms with E-state index in [0.717, 1.165) is 22.4 Å². The van der Waals surface area contributed by atoms with Crippen LogP contribution < -0.4 is 0 Å². The number of pyridine rings is 3. The molecule has 0 atom stereocenters. The number of benzene rings is 2. The van der Waals surface area contributed by atoms with Crippen molar-refractivity contribution >= 4 is 49.1 Å². The second kappa shape index (κ2) is 4.01. The fourth-order valence-corrected chi connectivity index (χ4v) is 4.04. The molecule has 0 amide bonds. The largest absolute Gasteiger partial charge is 0.290 e. The van der Waals surface area contributed by atoms with Crippen LogP contribution in [0.25, 0.3) is 49.1 Å². The molecule has 0 radical (unpaired) electrons. The molecule has 24 heavy (non-hydrogen) atoms. The molecule has 0 aliphatic rings. The maximum Gasteiger partial charge on any atom is 0.138 e. The molecule has 6 rings (SSSR count). The van der Waals surface area contributed by atoms with Crippen molar-refractivity contribution in [2.45, 2.75) is 6.92 Å². The Hall–Kier alpha value is -3.20. The van der Waals surface area contributed by atoms with E-state index in [2.05, 4.69) is 65.9 Å². The molecular formula is C21H13N3. The number of fused-ring (bicyclic) bond motifs is 4. The summed E-state index contributed by atoms with van der Waals surface area (Å²) >= 11 is 0. The summed E-state index contributed by atoms with van der Waals surface area (Å²) in [5.74, 6) is 0. The van der Waals surface area contributed by atoms with E-state index in [1.165, 1.54) is 32.4 Å². The monoisotopic (exact) mass is 307 g/mol. The third-order valence-corrected chi connectivity index (χ3v) is 5.06. The molecule has 0 N–H and O–H groups in total. The first-order valence-electron chi connectivity index (χ1n) is 8.11. The second-order valence-electron chi connectivity index (χ2n) is 6.42. The Morgan fingerprint density at radius 3 is 2.42 bits per heavy atom. The van der Waals surface area contributed by atoms with Crippen molar-refractivity contribution in [3.63, 3.8) is 0 Å². The lowest BCUT2D eigenvalue weighted by Gasteiger charge is -2.12. The number of nitrogens with zero attached hydrogens (tertiary/aromatic N) is 3. The van der Waals surface area contributed by atoms with Gasteiger partial charge in [-0.05, 0) is 48.0 Å². The van der Waals surface area contributed by atoms with Crippen molar-refractivity contribution in [2.75, 3.05) is 0 Å². The van der Waals surface area contributed by atoms with E-state index in [1.807, 2.05) is 6.20 Å². The molecular weight excluding hydrogens is 294 g/mol. The van der Waals surface area contributed by atoms with Gasteiger partial charge in [0, 0.05) is 22.4 Å². The highest BCUT2D eigenvalue weighted by molar-refractivity contribution is 6.19. The van der Waals surface area contributed by atoms with Gasteiger partial charge in [0.15, 0.2) is 0 Å². The van der Waals surface area contributed by atoms with E-state index in [1.54, 1.807) is 0 Å². The normalized spacial score (nSPS) is 12.4. The minimum Gasteiger partial charge on any atom is -0.290 e. The smallest absolute Gasteiger partial charge is 0.138 e. The van der Waals surface area contributed by atoms with Gasteiger partial charge in [0.25, 0.3) is 0 Å². The molecule has 112 valence electrons. The molecule has 0 aliphatic heterocycles. The number of aryl methyl sites for hydroxylation is 1. The first-order valence-corrected chi connectivity index (χ1v) is 8.11. The Morgan fingerprint density at radius 1 is 0.792 bits per heavy atom. The summed E-state index contributed by atoms with van der Waals surface area (Å²) in [6, 6.07) is 19.3. The molecule has 3 nitrogen and oxygen atoms in total. The van der Waals surface area contributed by atoms with Gasteiger partial charge in [-0.1, -0.05) is 24.3 Å². The summed E-state index contributed by atoms with van der Waals surface area (Å²) < 4.78 is 2.27. The molecule has 0 bridgehead atoms. The Bertz CT molecular complexity index is 1410. The van der Waals surface area contributed by atoms with E-state index in [9.17, 15) is 0 Å². The third-order valence-electron chi connectivity index (χ3n) is 5.06. The average molecular weight is 307 g/mol. The van der Waals surface area contributed by atoms with Crippen LogP contribution >= 0.6 is 0 Å². The molecule has 2 aromatic carbocycles. The summed E-state index contributed by atoms with van der Waals surface area (Å²) in [5, 5.41) is 6.11. The third kappa shape index (κ3) is 1.33. The molecule has 0 saturated carbocycles. The quantitative estimate of drug-likeness (QED) is 0.289. The number of aromatic nitrogens is 3. The predicted molar refractivity (Wildman–Crippen MR) is 98.9 cm³/mol. The minimum absolute atomic E-state index is 0.989. The molecule has 4 heterocycles. The van der Waals surface area contributed by atoms with Gasteiger partial charge >= 0.3 is 0 Å². The van der Waals surface area contributed by atoms with E-state index in [-0.39, 0.29) is 0 Å². The zero-order chi connectivity index (χ0) is 15.8. The Balaban J connectivity index is 2.07. The first kappa shape index (κ1) is 12.3. The Kier molecular flexibility index (Phi) is 2.04. The fourth-order valence-electron chi connectivity index (χ4n) is 4.04. The maximum absolute atomic E-state index is 4.78. The molecule has 0 saturated heterocycles. The average Bonchev–Trinajstić information content (AvgIpc) is 2.96. The van der Waals surface area contributed by atoms with Crippen LogP contribution in [-0.2, 0) is 0 Å². The molecule has 0 aliphatic carbocycles. The van der Waals surface area contributed by atoms with Crippen LogP contribution in [0.3, 0.4) is 0 Å². The van der Waals surface area contributed by atoms with Crippen molar-refractivity contribution < 1.29 is 0 Å². The Morgan fingerprint density at radius 2 is 1.58 bits per heavy atom. The number of rotatable bonds is 0. The van der Waals surface area contributed by atoms with Crippen molar-refractivity contribution in [1.82, 2.24) is 14.4 Å². The highest BCUT2D eigenvalue weighted by Gasteiger charge is 2.17. The SMILES string of the molecule is Cc1nc2ccc3ccnc4c5cc6ccccc6cc5c1n2c34. The summed E-state index contributed by atoms with van der Waals surface area (Å²) in [4.78, 5) is 9.51. The van der Waals surface area contributed by atoms with Gasteiger partial charge in [-0.15, -0.1) is 0 Å². The second-order valence-corrected chi connectivity index (χ2v) is 6.42. The van der Waals surface area contributed by atoms with Gasteiger partial charge in [0.05, 0.1) is 22.2 Å². The van der Waals surface area contributed by atoms with Gasteiger partial charge < -0.3 is 0 Å².